The van der Waals surface area contributed by atoms with Gasteiger partial charge in [0.05, 0.1) is 5.71 Å². The Hall–Kier alpha value is -3.31. The van der Waals surface area contributed by atoms with E-state index in [1.807, 2.05) is 37.3 Å². The van der Waals surface area contributed by atoms with Crippen molar-refractivity contribution in [3.63, 3.8) is 0 Å². The van der Waals surface area contributed by atoms with E-state index in [-0.39, 0.29) is 17.4 Å². The van der Waals surface area contributed by atoms with E-state index in [9.17, 15) is 9.18 Å². The summed E-state index contributed by atoms with van der Waals surface area (Å²) in [5.41, 5.74) is 5.48. The molecular formula is C28H28FN3O. The summed E-state index contributed by atoms with van der Waals surface area (Å²) in [7, 11) is 0. The predicted octanol–water partition coefficient (Wildman–Crippen LogP) is 5.17. The molecule has 0 saturated carbocycles. The van der Waals surface area contributed by atoms with Crippen molar-refractivity contribution >= 4 is 11.6 Å². The van der Waals surface area contributed by atoms with Gasteiger partial charge in [-0.2, -0.15) is 0 Å². The third-order valence-corrected chi connectivity index (χ3v) is 6.96. The highest BCUT2D eigenvalue weighted by atomic mass is 19.1. The molecule has 2 aliphatic heterocycles. The van der Waals surface area contributed by atoms with Crippen LogP contribution in [0.2, 0.25) is 0 Å². The van der Waals surface area contributed by atoms with Crippen molar-refractivity contribution in [2.45, 2.75) is 38.9 Å². The molecule has 3 aromatic rings. The summed E-state index contributed by atoms with van der Waals surface area (Å²) in [4.78, 5) is 17.3. The molecule has 168 valence electrons. The van der Waals surface area contributed by atoms with Crippen molar-refractivity contribution < 1.29 is 9.18 Å². The van der Waals surface area contributed by atoms with Crippen molar-refractivity contribution in [2.24, 2.45) is 0 Å². The Morgan fingerprint density at radius 1 is 1.00 bits per heavy atom. The number of amides is 1. The Kier molecular flexibility index (Phi) is 5.81. The number of piperidine rings is 1. The number of carbonyl (C=O) groups excluding carboxylic acids is 1. The topological polar surface area (TPSA) is 47.4 Å². The minimum Gasteiger partial charge on any atom is -0.331 e. The van der Waals surface area contributed by atoms with Gasteiger partial charge >= 0.3 is 0 Å². The summed E-state index contributed by atoms with van der Waals surface area (Å²) in [6.07, 6.45) is 1.96. The predicted molar refractivity (Wildman–Crippen MR) is 128 cm³/mol. The number of carbonyl (C=O) groups is 1. The van der Waals surface area contributed by atoms with Crippen LogP contribution in [0.1, 0.15) is 51.0 Å². The number of benzene rings is 3. The molecule has 0 unspecified atom stereocenters. The third-order valence-electron chi connectivity index (χ3n) is 6.96. The van der Waals surface area contributed by atoms with Crippen LogP contribution in [-0.4, -0.2) is 40.6 Å². The molecule has 5 rings (SSSR count). The SMILES string of the molecule is Cc1cc(CN2CCC(N3Cc4ccccc4C3=O)CC2)ccc1C(=N)c1ccccc1F. The lowest BCUT2D eigenvalue weighted by Crippen LogP contribution is -2.44. The number of hydrogen-bond donors (Lipinski definition) is 1. The Balaban J connectivity index is 1.20. The molecule has 2 aliphatic rings. The molecule has 2 heterocycles. The number of likely N-dealkylation sites (tertiary alicyclic amines) is 1. The Bertz CT molecular complexity index is 1210. The molecule has 1 N–H and O–H groups in total. The van der Waals surface area contributed by atoms with Gasteiger partial charge in [0.15, 0.2) is 0 Å². The normalized spacial score (nSPS) is 16.8. The highest BCUT2D eigenvalue weighted by molar-refractivity contribution is 6.11. The quantitative estimate of drug-likeness (QED) is 0.555. The standard InChI is InChI=1S/C28H28FN3O/c1-19-16-20(10-11-23(19)27(30)25-8-4-5-9-26(25)29)17-31-14-12-22(13-15-31)32-18-21-6-2-3-7-24(21)28(32)33/h2-11,16,22,30H,12-15,17-18H2,1H3. The lowest BCUT2D eigenvalue weighted by atomic mass is 9.96. The van der Waals surface area contributed by atoms with Gasteiger partial charge in [0.2, 0.25) is 0 Å². The fraction of sp³-hybridized carbons (Fsp3) is 0.286. The summed E-state index contributed by atoms with van der Waals surface area (Å²) in [5.74, 6) is -0.194. The highest BCUT2D eigenvalue weighted by Crippen LogP contribution is 2.29. The molecule has 5 heteroatoms. The van der Waals surface area contributed by atoms with Crippen molar-refractivity contribution in [3.05, 3.63) is 106 Å². The maximum Gasteiger partial charge on any atom is 0.254 e. The van der Waals surface area contributed by atoms with Crippen LogP contribution in [0.15, 0.2) is 66.7 Å². The number of halogens is 1. The molecule has 0 aromatic heterocycles. The van der Waals surface area contributed by atoms with E-state index in [0.29, 0.717) is 11.6 Å². The number of nitrogens with one attached hydrogen (secondary N) is 1. The largest absolute Gasteiger partial charge is 0.331 e. The molecule has 0 aliphatic carbocycles. The number of hydrogen-bond acceptors (Lipinski definition) is 3. The molecule has 0 bridgehead atoms. The zero-order valence-corrected chi connectivity index (χ0v) is 18.9. The first-order valence-corrected chi connectivity index (χ1v) is 11.6. The van der Waals surface area contributed by atoms with Gasteiger partial charge in [0, 0.05) is 48.9 Å². The van der Waals surface area contributed by atoms with Crippen LogP contribution in [0, 0.1) is 18.2 Å². The van der Waals surface area contributed by atoms with Crippen molar-refractivity contribution in [3.8, 4) is 0 Å². The smallest absolute Gasteiger partial charge is 0.254 e. The van der Waals surface area contributed by atoms with Crippen molar-refractivity contribution in [1.29, 1.82) is 5.41 Å². The molecular weight excluding hydrogens is 413 g/mol. The number of nitrogens with zero attached hydrogens (tertiary/aromatic N) is 2. The third kappa shape index (κ3) is 4.21. The summed E-state index contributed by atoms with van der Waals surface area (Å²) in [6, 6.07) is 20.8. The number of fused-ring (bicyclic) bond motifs is 1. The van der Waals surface area contributed by atoms with Gasteiger partial charge < -0.3 is 4.90 Å². The van der Waals surface area contributed by atoms with Gasteiger partial charge in [0.1, 0.15) is 5.82 Å². The van der Waals surface area contributed by atoms with E-state index in [0.717, 1.165) is 61.3 Å². The van der Waals surface area contributed by atoms with E-state index in [1.54, 1.807) is 18.2 Å². The molecule has 1 amide bonds. The van der Waals surface area contributed by atoms with Crippen LogP contribution in [0.25, 0.3) is 0 Å². The first-order chi connectivity index (χ1) is 16.0. The van der Waals surface area contributed by atoms with E-state index in [4.69, 9.17) is 5.41 Å². The minimum absolute atomic E-state index is 0.174. The fourth-order valence-corrected chi connectivity index (χ4v) is 5.13. The fourth-order valence-electron chi connectivity index (χ4n) is 5.13. The van der Waals surface area contributed by atoms with Gasteiger partial charge in [-0.05, 0) is 54.7 Å². The molecule has 3 aromatic carbocycles. The van der Waals surface area contributed by atoms with Crippen LogP contribution in [0.4, 0.5) is 4.39 Å². The van der Waals surface area contributed by atoms with Gasteiger partial charge in [-0.3, -0.25) is 15.1 Å². The van der Waals surface area contributed by atoms with Crippen LogP contribution < -0.4 is 0 Å². The van der Waals surface area contributed by atoms with Crippen LogP contribution in [0.3, 0.4) is 0 Å². The van der Waals surface area contributed by atoms with Gasteiger partial charge in [-0.1, -0.05) is 48.5 Å². The maximum absolute atomic E-state index is 14.1. The van der Waals surface area contributed by atoms with Crippen molar-refractivity contribution in [2.75, 3.05) is 13.1 Å². The maximum atomic E-state index is 14.1. The molecule has 4 nitrogen and oxygen atoms in total. The highest BCUT2D eigenvalue weighted by Gasteiger charge is 2.34. The van der Waals surface area contributed by atoms with Crippen LogP contribution in [-0.2, 0) is 13.1 Å². The lowest BCUT2D eigenvalue weighted by Gasteiger charge is -2.36. The Morgan fingerprint density at radius 2 is 1.73 bits per heavy atom. The summed E-state index contributed by atoms with van der Waals surface area (Å²) < 4.78 is 14.1. The summed E-state index contributed by atoms with van der Waals surface area (Å²) >= 11 is 0. The molecule has 1 fully saturated rings. The molecule has 33 heavy (non-hydrogen) atoms. The Labute approximate surface area is 194 Å². The van der Waals surface area contributed by atoms with Gasteiger partial charge in [-0.25, -0.2) is 4.39 Å². The zero-order chi connectivity index (χ0) is 22.9. The molecule has 1 saturated heterocycles. The average Bonchev–Trinajstić information content (AvgIpc) is 3.16. The zero-order valence-electron chi connectivity index (χ0n) is 18.9. The second kappa shape index (κ2) is 8.91. The number of aryl methyl sites for hydroxylation is 1. The van der Waals surface area contributed by atoms with E-state index < -0.39 is 0 Å². The first-order valence-electron chi connectivity index (χ1n) is 11.6. The number of rotatable bonds is 5. The van der Waals surface area contributed by atoms with Crippen LogP contribution in [0.5, 0.6) is 0 Å². The second-order valence-electron chi connectivity index (χ2n) is 9.10. The molecule has 0 radical (unpaired) electrons. The monoisotopic (exact) mass is 441 g/mol. The molecule has 0 spiro atoms. The van der Waals surface area contributed by atoms with Crippen LogP contribution >= 0.6 is 0 Å². The minimum atomic E-state index is -0.367. The summed E-state index contributed by atoms with van der Waals surface area (Å²) in [6.45, 7) is 5.47. The van der Waals surface area contributed by atoms with Crippen molar-refractivity contribution in [1.82, 2.24) is 9.80 Å². The molecule has 0 atom stereocenters. The van der Waals surface area contributed by atoms with E-state index in [2.05, 4.69) is 21.9 Å². The first kappa shape index (κ1) is 21.5. The van der Waals surface area contributed by atoms with Gasteiger partial charge in [0.25, 0.3) is 5.91 Å². The second-order valence-corrected chi connectivity index (χ2v) is 9.10. The average molecular weight is 442 g/mol. The summed E-state index contributed by atoms with van der Waals surface area (Å²) in [5, 5.41) is 8.46. The lowest BCUT2D eigenvalue weighted by molar-refractivity contribution is 0.0590. The Morgan fingerprint density at radius 3 is 2.45 bits per heavy atom. The van der Waals surface area contributed by atoms with E-state index >= 15 is 0 Å². The van der Waals surface area contributed by atoms with E-state index in [1.165, 1.54) is 11.6 Å². The van der Waals surface area contributed by atoms with Gasteiger partial charge in [-0.15, -0.1) is 0 Å².